The Bertz CT molecular complexity index is 130. The second-order valence-electron chi connectivity index (χ2n) is 2.64. The molecule has 0 aliphatic heterocycles. The number of hydrogen-bond donors (Lipinski definition) is 2. The Morgan fingerprint density at radius 1 is 1.25 bits per heavy atom. The van der Waals surface area contributed by atoms with Crippen molar-refractivity contribution in [3.05, 3.63) is 12.3 Å². The third-order valence-corrected chi connectivity index (χ3v) is 6.07. The van der Waals surface area contributed by atoms with E-state index in [1.54, 1.807) is 0 Å². The molecular weight excluding hydrogens is 166 g/mol. The van der Waals surface area contributed by atoms with Gasteiger partial charge in [-0.05, 0) is 27.2 Å². The van der Waals surface area contributed by atoms with E-state index >= 15 is 0 Å². The summed E-state index contributed by atoms with van der Waals surface area (Å²) < 4.78 is 2.40. The van der Waals surface area contributed by atoms with Gasteiger partial charge in [0.25, 0.3) is 0 Å². The van der Waals surface area contributed by atoms with Gasteiger partial charge >= 0.3 is 8.56 Å². The van der Waals surface area contributed by atoms with Crippen molar-refractivity contribution >= 4 is 8.56 Å². The molecule has 0 fully saturated rings. The van der Waals surface area contributed by atoms with Gasteiger partial charge in [0.05, 0.1) is 0 Å². The molecule has 12 heavy (non-hydrogen) atoms. The molecule has 0 rings (SSSR count). The first-order chi connectivity index (χ1) is 5.70. The van der Waals surface area contributed by atoms with Crippen LogP contribution in [0.4, 0.5) is 0 Å². The Morgan fingerprint density at radius 3 is 1.75 bits per heavy atom. The molecule has 4 heteroatoms. The first-order valence-corrected chi connectivity index (χ1v) is 6.49. The van der Waals surface area contributed by atoms with E-state index in [4.69, 9.17) is 0 Å². The summed E-state index contributed by atoms with van der Waals surface area (Å²) in [6.45, 7) is 10.3. The molecule has 0 unspecified atom stereocenters. The normalized spacial score (nSPS) is 12.1. The number of rotatable bonds is 6. The van der Waals surface area contributed by atoms with Crippen LogP contribution in [0.5, 0.6) is 0 Å². The van der Waals surface area contributed by atoms with E-state index in [1.807, 2.05) is 19.8 Å². The molecule has 0 aromatic rings. The van der Waals surface area contributed by atoms with E-state index in [2.05, 4.69) is 35.0 Å². The van der Waals surface area contributed by atoms with E-state index in [1.165, 1.54) is 0 Å². The molecule has 0 bridgehead atoms. The minimum atomic E-state index is -1.75. The summed E-state index contributed by atoms with van der Waals surface area (Å²) in [6, 6.07) is 0. The summed E-state index contributed by atoms with van der Waals surface area (Å²) >= 11 is 0. The largest absolute Gasteiger partial charge is 0.313 e. The van der Waals surface area contributed by atoms with Gasteiger partial charge in [-0.15, -0.1) is 6.58 Å². The summed E-state index contributed by atoms with van der Waals surface area (Å²) in [6.07, 6.45) is 0. The molecule has 0 spiro atoms. The molecule has 0 amide bonds. The molecule has 72 valence electrons. The minimum Gasteiger partial charge on any atom is -0.313 e. The molecule has 0 aliphatic rings. The van der Waals surface area contributed by atoms with Crippen LogP contribution in [0.1, 0.15) is 13.8 Å². The number of hydrogen-bond acceptors (Lipinski definition) is 3. The zero-order valence-corrected chi connectivity index (χ0v) is 9.65. The smallest absolute Gasteiger partial charge is 0.309 e. The van der Waals surface area contributed by atoms with Gasteiger partial charge in [-0.25, -0.2) is 0 Å². The highest BCUT2D eigenvalue weighted by Gasteiger charge is 2.32. The van der Waals surface area contributed by atoms with E-state index < -0.39 is 8.56 Å². The third-order valence-electron chi connectivity index (χ3n) is 2.32. The molecule has 2 N–H and O–H groups in total. The molecule has 0 aliphatic carbocycles. The van der Waals surface area contributed by atoms with E-state index in [9.17, 15) is 0 Å². The lowest BCUT2D eigenvalue weighted by molar-refractivity contribution is 0.448. The predicted octanol–water partition coefficient (Wildman–Crippen LogP) is 0.431. The van der Waals surface area contributed by atoms with Gasteiger partial charge in [0.15, 0.2) is 0 Å². The van der Waals surface area contributed by atoms with Crippen LogP contribution in [0.25, 0.3) is 0 Å². The first-order valence-electron chi connectivity index (χ1n) is 4.47. The fourth-order valence-electron chi connectivity index (χ4n) is 1.50. The summed E-state index contributed by atoms with van der Waals surface area (Å²) in [5.41, 5.74) is 2.03. The maximum absolute atomic E-state index is 3.89. The monoisotopic (exact) mass is 187 g/mol. The van der Waals surface area contributed by atoms with E-state index in [-0.39, 0.29) is 0 Å². The molecule has 0 saturated carbocycles. The van der Waals surface area contributed by atoms with Crippen LogP contribution in [0.2, 0.25) is 0 Å². The predicted molar refractivity (Wildman–Crippen MR) is 57.0 cm³/mol. The Hall–Kier alpha value is -0.163. The Labute approximate surface area is 77.1 Å². The highest BCUT2D eigenvalue weighted by atomic mass is 28.4. The molecule has 0 aromatic heterocycles. The average molecular weight is 187 g/mol. The van der Waals surface area contributed by atoms with E-state index in [0.29, 0.717) is 0 Å². The summed E-state index contributed by atoms with van der Waals surface area (Å²) in [4.78, 5) is 6.70. The van der Waals surface area contributed by atoms with Gasteiger partial charge in [-0.2, -0.15) is 0 Å². The fraction of sp³-hybridized carbons (Fsp3) is 0.750. The van der Waals surface area contributed by atoms with Gasteiger partial charge in [0.2, 0.25) is 0 Å². The van der Waals surface area contributed by atoms with Crippen LogP contribution in [0, 0.1) is 0 Å². The molecule has 0 aromatic carbocycles. The Kier molecular flexibility index (Phi) is 5.40. The number of nitrogens with one attached hydrogen (secondary N) is 2. The molecule has 0 heterocycles. The molecular formula is C8H21N3Si. The van der Waals surface area contributed by atoms with Crippen molar-refractivity contribution in [1.82, 2.24) is 14.5 Å². The zero-order valence-electron chi connectivity index (χ0n) is 8.65. The van der Waals surface area contributed by atoms with Crippen molar-refractivity contribution in [2.75, 3.05) is 27.2 Å². The summed E-state index contributed by atoms with van der Waals surface area (Å²) in [5.74, 6) is 0. The third kappa shape index (κ3) is 2.16. The second kappa shape index (κ2) is 5.48. The summed E-state index contributed by atoms with van der Waals surface area (Å²) in [5, 5.41) is 0. The lowest BCUT2D eigenvalue weighted by Gasteiger charge is -2.37. The van der Waals surface area contributed by atoms with Gasteiger partial charge in [-0.3, -0.25) is 4.57 Å². The van der Waals surface area contributed by atoms with Crippen molar-refractivity contribution < 1.29 is 0 Å². The maximum Gasteiger partial charge on any atom is 0.309 e. The van der Waals surface area contributed by atoms with Crippen molar-refractivity contribution in [3.63, 3.8) is 0 Å². The van der Waals surface area contributed by atoms with Crippen LogP contribution in [-0.4, -0.2) is 40.3 Å². The minimum absolute atomic E-state index is 1.05. The topological polar surface area (TPSA) is 27.3 Å². The molecule has 0 atom stereocenters. The Morgan fingerprint density at radius 2 is 1.67 bits per heavy atom. The number of nitrogens with zero attached hydrogens (tertiary/aromatic N) is 1. The lowest BCUT2D eigenvalue weighted by Crippen LogP contribution is -2.70. The maximum atomic E-state index is 3.89. The van der Waals surface area contributed by atoms with Crippen molar-refractivity contribution in [3.8, 4) is 0 Å². The standard InChI is InChI=1S/C8H21N3Si/c1-6-11(7-2)12(8-3,9-4)10-5/h8-10H,3,6-7H2,1-2,4-5H3. The Balaban J connectivity index is 4.53. The average Bonchev–Trinajstić information content (AvgIpc) is 2.14. The van der Waals surface area contributed by atoms with Crippen molar-refractivity contribution in [2.45, 2.75) is 13.8 Å². The van der Waals surface area contributed by atoms with Crippen molar-refractivity contribution in [1.29, 1.82) is 0 Å². The molecule has 0 saturated heterocycles. The van der Waals surface area contributed by atoms with Crippen LogP contribution >= 0.6 is 0 Å². The molecule has 3 nitrogen and oxygen atoms in total. The van der Waals surface area contributed by atoms with Crippen LogP contribution < -0.4 is 9.96 Å². The van der Waals surface area contributed by atoms with Crippen LogP contribution in [0.15, 0.2) is 12.3 Å². The fourth-order valence-corrected chi connectivity index (χ4v) is 4.04. The summed E-state index contributed by atoms with van der Waals surface area (Å²) in [7, 11) is 2.23. The van der Waals surface area contributed by atoms with E-state index in [0.717, 1.165) is 13.1 Å². The van der Waals surface area contributed by atoms with Crippen LogP contribution in [-0.2, 0) is 0 Å². The highest BCUT2D eigenvalue weighted by molar-refractivity contribution is 6.77. The van der Waals surface area contributed by atoms with Crippen LogP contribution in [0.3, 0.4) is 0 Å². The quantitative estimate of drug-likeness (QED) is 0.591. The van der Waals surface area contributed by atoms with Gasteiger partial charge in [0, 0.05) is 0 Å². The van der Waals surface area contributed by atoms with Gasteiger partial charge in [-0.1, -0.05) is 19.5 Å². The van der Waals surface area contributed by atoms with Gasteiger partial charge < -0.3 is 9.96 Å². The second-order valence-corrected chi connectivity index (χ2v) is 6.22. The lowest BCUT2D eigenvalue weighted by atomic mass is 10.7. The SMILES string of the molecule is C=C[Si](NC)(NC)N(CC)CC. The van der Waals surface area contributed by atoms with Crippen molar-refractivity contribution in [2.24, 2.45) is 0 Å². The van der Waals surface area contributed by atoms with Gasteiger partial charge in [0.1, 0.15) is 0 Å². The highest BCUT2D eigenvalue weighted by Crippen LogP contribution is 2.02. The zero-order chi connectivity index (χ0) is 9.61. The molecule has 0 radical (unpaired) electrons. The first kappa shape index (κ1) is 11.8.